The molecule has 0 aliphatic heterocycles. The average molecular weight is 402 g/mol. The molecule has 0 aliphatic rings. The van der Waals surface area contributed by atoms with Gasteiger partial charge in [0.15, 0.2) is 11.5 Å². The Morgan fingerprint density at radius 2 is 1.79 bits per heavy atom. The smallest absolute Gasteiger partial charge is 0.276 e. The van der Waals surface area contributed by atoms with Gasteiger partial charge in [0.1, 0.15) is 12.4 Å². The van der Waals surface area contributed by atoms with E-state index in [1.54, 1.807) is 26.4 Å². The lowest BCUT2D eigenvalue weighted by Crippen LogP contribution is -2.20. The largest absolute Gasteiger partial charge is 0.493 e. The minimum Gasteiger partial charge on any atom is -0.493 e. The summed E-state index contributed by atoms with van der Waals surface area (Å²) in [6.07, 6.45) is -0.664. The lowest BCUT2D eigenvalue weighted by atomic mass is 10.2. The topological polar surface area (TPSA) is 86.8 Å². The Bertz CT molecular complexity index is 898. The number of methoxy groups -OCH3 is 2. The van der Waals surface area contributed by atoms with Gasteiger partial charge >= 0.3 is 0 Å². The monoisotopic (exact) mass is 402 g/mol. The third kappa shape index (κ3) is 5.17. The number of benzene rings is 2. The Kier molecular flexibility index (Phi) is 6.78. The first-order valence-corrected chi connectivity index (χ1v) is 9.64. The van der Waals surface area contributed by atoms with Crippen LogP contribution in [0.15, 0.2) is 52.1 Å². The molecular weight excluding hydrogens is 380 g/mol. The van der Waals surface area contributed by atoms with E-state index in [9.17, 15) is 5.11 Å². The van der Waals surface area contributed by atoms with Crippen LogP contribution in [0.3, 0.4) is 0 Å². The number of rotatable bonds is 9. The minimum absolute atomic E-state index is 0.187. The number of nitrogens with zero attached hydrogens (tertiary/aromatic N) is 2. The van der Waals surface area contributed by atoms with E-state index in [1.165, 1.54) is 11.8 Å². The zero-order valence-electron chi connectivity index (χ0n) is 15.9. The fourth-order valence-electron chi connectivity index (χ4n) is 2.40. The van der Waals surface area contributed by atoms with Gasteiger partial charge in [-0.25, -0.2) is 0 Å². The quantitative estimate of drug-likeness (QED) is 0.544. The van der Waals surface area contributed by atoms with Crippen LogP contribution in [-0.2, 0) is 0 Å². The first-order chi connectivity index (χ1) is 13.6. The number of aliphatic hydroxyl groups is 1. The fraction of sp³-hybridized carbons (Fsp3) is 0.300. The summed E-state index contributed by atoms with van der Waals surface area (Å²) >= 11 is 1.27. The fourth-order valence-corrected chi connectivity index (χ4v) is 3.06. The molecule has 1 heterocycles. The summed E-state index contributed by atoms with van der Waals surface area (Å²) in [5.41, 5.74) is 1.88. The summed E-state index contributed by atoms with van der Waals surface area (Å²) < 4.78 is 21.7. The van der Waals surface area contributed by atoms with E-state index in [4.69, 9.17) is 18.6 Å². The molecule has 3 aromatic rings. The van der Waals surface area contributed by atoms with Gasteiger partial charge in [-0.15, -0.1) is 10.2 Å². The third-order valence-corrected chi connectivity index (χ3v) is 4.86. The molecule has 148 valence electrons. The molecule has 3 rings (SSSR count). The summed E-state index contributed by atoms with van der Waals surface area (Å²) in [5.74, 6) is 2.67. The van der Waals surface area contributed by atoms with E-state index in [0.717, 1.165) is 16.9 Å². The maximum absolute atomic E-state index is 10.1. The Labute approximate surface area is 167 Å². The minimum atomic E-state index is -0.664. The number of hydrogen-bond donors (Lipinski definition) is 1. The molecule has 0 saturated heterocycles. The van der Waals surface area contributed by atoms with Crippen LogP contribution < -0.4 is 14.2 Å². The second-order valence-electron chi connectivity index (χ2n) is 6.03. The molecule has 1 atom stereocenters. The van der Waals surface area contributed by atoms with Gasteiger partial charge in [-0.2, -0.15) is 0 Å². The highest BCUT2D eigenvalue weighted by Gasteiger charge is 2.14. The molecule has 0 saturated carbocycles. The number of hydrogen-bond acceptors (Lipinski definition) is 8. The van der Waals surface area contributed by atoms with E-state index in [0.29, 0.717) is 28.4 Å². The maximum atomic E-state index is 10.1. The normalized spacial score (nSPS) is 11.9. The Morgan fingerprint density at radius 1 is 1.04 bits per heavy atom. The van der Waals surface area contributed by atoms with Crippen molar-refractivity contribution in [2.45, 2.75) is 18.3 Å². The lowest BCUT2D eigenvalue weighted by molar-refractivity contribution is 0.126. The zero-order valence-corrected chi connectivity index (χ0v) is 16.7. The van der Waals surface area contributed by atoms with Crippen LogP contribution in [0.1, 0.15) is 5.56 Å². The molecule has 1 aromatic heterocycles. The summed E-state index contributed by atoms with van der Waals surface area (Å²) in [5, 5.41) is 18.5. The van der Waals surface area contributed by atoms with Crippen LogP contribution in [0.4, 0.5) is 0 Å². The summed E-state index contributed by atoms with van der Waals surface area (Å²) in [7, 11) is 3.14. The molecule has 28 heavy (non-hydrogen) atoms. The van der Waals surface area contributed by atoms with Crippen molar-refractivity contribution in [2.24, 2.45) is 0 Å². The van der Waals surface area contributed by atoms with Crippen LogP contribution in [-0.4, -0.2) is 48.0 Å². The van der Waals surface area contributed by atoms with E-state index in [-0.39, 0.29) is 6.61 Å². The molecule has 1 N–H and O–H groups in total. The van der Waals surface area contributed by atoms with E-state index in [1.807, 2.05) is 37.3 Å². The lowest BCUT2D eigenvalue weighted by Gasteiger charge is -2.11. The first kappa shape index (κ1) is 20.0. The Balaban J connectivity index is 1.53. The second-order valence-corrected chi connectivity index (χ2v) is 7.00. The predicted molar refractivity (Wildman–Crippen MR) is 106 cm³/mol. The number of aromatic nitrogens is 2. The van der Waals surface area contributed by atoms with Crippen LogP contribution in [0, 0.1) is 6.92 Å². The van der Waals surface area contributed by atoms with Gasteiger partial charge in [-0.05, 0) is 37.3 Å². The van der Waals surface area contributed by atoms with Crippen LogP contribution >= 0.6 is 11.8 Å². The predicted octanol–water partition coefficient (Wildman–Crippen LogP) is 3.59. The number of aryl methyl sites for hydroxylation is 1. The third-order valence-electron chi connectivity index (χ3n) is 3.90. The molecule has 8 heteroatoms. The van der Waals surface area contributed by atoms with Gasteiger partial charge in [-0.1, -0.05) is 29.5 Å². The summed E-state index contributed by atoms with van der Waals surface area (Å²) in [6, 6.07) is 13.0. The highest BCUT2D eigenvalue weighted by atomic mass is 32.2. The molecule has 0 amide bonds. The van der Waals surface area contributed by atoms with Gasteiger partial charge in [-0.3, -0.25) is 0 Å². The molecule has 0 unspecified atom stereocenters. The maximum Gasteiger partial charge on any atom is 0.276 e. The van der Waals surface area contributed by atoms with Crippen LogP contribution in [0.5, 0.6) is 17.2 Å². The van der Waals surface area contributed by atoms with Crippen molar-refractivity contribution in [3.05, 3.63) is 48.0 Å². The van der Waals surface area contributed by atoms with Crippen molar-refractivity contribution in [1.29, 1.82) is 0 Å². The Hall–Kier alpha value is -2.71. The molecule has 0 spiro atoms. The van der Waals surface area contributed by atoms with Gasteiger partial charge in [0.25, 0.3) is 5.22 Å². The van der Waals surface area contributed by atoms with Crippen molar-refractivity contribution >= 4 is 11.8 Å². The van der Waals surface area contributed by atoms with Crippen LogP contribution in [0.25, 0.3) is 11.5 Å². The second kappa shape index (κ2) is 9.48. The van der Waals surface area contributed by atoms with Gasteiger partial charge in [0, 0.05) is 11.3 Å². The number of aliphatic hydroxyl groups excluding tert-OH is 1. The van der Waals surface area contributed by atoms with Crippen molar-refractivity contribution in [1.82, 2.24) is 10.2 Å². The van der Waals surface area contributed by atoms with Crippen molar-refractivity contribution in [3.63, 3.8) is 0 Å². The standard InChI is InChI=1S/C20H22N2O5S/c1-13-4-7-16(8-5-13)26-11-15(23)12-28-20-22-21-19(27-20)14-6-9-17(24-2)18(10-14)25-3/h4-10,15,23H,11-12H2,1-3H3/t15-/m0/s1. The number of ether oxygens (including phenoxy) is 3. The zero-order chi connectivity index (χ0) is 19.9. The van der Waals surface area contributed by atoms with Crippen LogP contribution in [0.2, 0.25) is 0 Å². The summed E-state index contributed by atoms with van der Waals surface area (Å²) in [6.45, 7) is 2.20. The molecular formula is C20H22N2O5S. The average Bonchev–Trinajstić information content (AvgIpc) is 3.20. The highest BCUT2D eigenvalue weighted by Crippen LogP contribution is 2.32. The molecule has 0 radical (unpaired) electrons. The van der Waals surface area contributed by atoms with E-state index < -0.39 is 6.10 Å². The SMILES string of the molecule is COc1ccc(-c2nnc(SC[C@@H](O)COc3ccc(C)cc3)o2)cc1OC. The molecule has 2 aromatic carbocycles. The molecule has 0 bridgehead atoms. The Morgan fingerprint density at radius 3 is 2.50 bits per heavy atom. The van der Waals surface area contributed by atoms with E-state index >= 15 is 0 Å². The molecule has 7 nitrogen and oxygen atoms in total. The van der Waals surface area contributed by atoms with Crippen molar-refractivity contribution < 1.29 is 23.7 Å². The van der Waals surface area contributed by atoms with Gasteiger partial charge in [0.2, 0.25) is 5.89 Å². The summed E-state index contributed by atoms with van der Waals surface area (Å²) in [4.78, 5) is 0. The van der Waals surface area contributed by atoms with E-state index in [2.05, 4.69) is 10.2 Å². The van der Waals surface area contributed by atoms with Crippen molar-refractivity contribution in [2.75, 3.05) is 26.6 Å². The highest BCUT2D eigenvalue weighted by molar-refractivity contribution is 7.99. The molecule has 0 fully saturated rings. The first-order valence-electron chi connectivity index (χ1n) is 8.65. The molecule has 0 aliphatic carbocycles. The van der Waals surface area contributed by atoms with Gasteiger partial charge in [0.05, 0.1) is 20.3 Å². The van der Waals surface area contributed by atoms with Crippen molar-refractivity contribution in [3.8, 4) is 28.7 Å². The number of thioether (sulfide) groups is 1. The van der Waals surface area contributed by atoms with Gasteiger partial charge < -0.3 is 23.7 Å².